The summed E-state index contributed by atoms with van der Waals surface area (Å²) in [5, 5.41) is 7.32. The Kier molecular flexibility index (Phi) is 9.73. The SMILES string of the molecule is CCOC(=O)c1nc(-c2cccc(C3C(C(=O)OC(C)C)=C(C)NC(C)(C(C)OC)C3C(=O)OC(C)C)c2)no1. The third-order valence-electron chi connectivity index (χ3n) is 6.90. The summed E-state index contributed by atoms with van der Waals surface area (Å²) in [7, 11) is 1.57. The van der Waals surface area contributed by atoms with E-state index in [1.165, 1.54) is 0 Å². The van der Waals surface area contributed by atoms with Crippen molar-refractivity contribution in [2.24, 2.45) is 5.92 Å². The number of hydrogen-bond donors (Lipinski definition) is 1. The lowest BCUT2D eigenvalue weighted by Gasteiger charge is -2.49. The third kappa shape index (κ3) is 6.35. The van der Waals surface area contributed by atoms with Crippen LogP contribution in [0.4, 0.5) is 0 Å². The average Bonchev–Trinajstić information content (AvgIpc) is 3.37. The normalized spacial score (nSPS) is 21.7. The van der Waals surface area contributed by atoms with E-state index >= 15 is 0 Å². The second-order valence-electron chi connectivity index (χ2n) is 10.5. The molecule has 0 saturated carbocycles. The molecule has 1 aromatic carbocycles. The van der Waals surface area contributed by atoms with Crippen molar-refractivity contribution in [3.63, 3.8) is 0 Å². The fourth-order valence-corrected chi connectivity index (χ4v) is 4.99. The van der Waals surface area contributed by atoms with Gasteiger partial charge < -0.3 is 28.8 Å². The van der Waals surface area contributed by atoms with Crippen LogP contribution in [0.3, 0.4) is 0 Å². The quantitative estimate of drug-likeness (QED) is 0.332. The molecule has 11 nitrogen and oxygen atoms in total. The van der Waals surface area contributed by atoms with Crippen molar-refractivity contribution in [2.75, 3.05) is 13.7 Å². The van der Waals surface area contributed by atoms with Gasteiger partial charge in [-0.25, -0.2) is 9.59 Å². The number of benzene rings is 1. The number of aromatic nitrogens is 2. The second kappa shape index (κ2) is 12.6. The molecule has 2 heterocycles. The molecular formula is C29H39N3O8. The standard InChI is InChI=1S/C29H39N3O8/c1-10-37-28(35)25-30-24(32-40-25)20-13-11-12-19(14-20)22-21(26(33)38-15(2)3)17(6)31-29(8,18(7)36-9)23(22)27(34)39-16(4)5/h11-16,18,22-23,31H,10H2,1-9H3. The highest BCUT2D eigenvalue weighted by Gasteiger charge is 2.55. The molecule has 0 aliphatic carbocycles. The lowest BCUT2D eigenvalue weighted by Crippen LogP contribution is -2.63. The highest BCUT2D eigenvalue weighted by atomic mass is 16.6. The van der Waals surface area contributed by atoms with Gasteiger partial charge in [0.1, 0.15) is 0 Å². The van der Waals surface area contributed by atoms with Gasteiger partial charge in [0.25, 0.3) is 0 Å². The predicted molar refractivity (Wildman–Crippen MR) is 145 cm³/mol. The number of methoxy groups -OCH3 is 1. The minimum atomic E-state index is -0.962. The van der Waals surface area contributed by atoms with E-state index in [0.717, 1.165) is 0 Å². The molecule has 0 spiro atoms. The molecule has 40 heavy (non-hydrogen) atoms. The van der Waals surface area contributed by atoms with Crippen LogP contribution in [-0.2, 0) is 28.5 Å². The Morgan fingerprint density at radius 1 is 1.07 bits per heavy atom. The van der Waals surface area contributed by atoms with E-state index in [4.69, 9.17) is 23.5 Å². The van der Waals surface area contributed by atoms with E-state index < -0.39 is 41.4 Å². The van der Waals surface area contributed by atoms with E-state index in [2.05, 4.69) is 15.5 Å². The van der Waals surface area contributed by atoms with Crippen molar-refractivity contribution in [3.8, 4) is 11.4 Å². The summed E-state index contributed by atoms with van der Waals surface area (Å²) in [4.78, 5) is 43.6. The van der Waals surface area contributed by atoms with Gasteiger partial charge in [-0.2, -0.15) is 4.98 Å². The molecule has 4 atom stereocenters. The molecule has 0 saturated heterocycles. The van der Waals surface area contributed by atoms with Crippen LogP contribution in [-0.4, -0.2) is 65.6 Å². The molecule has 218 valence electrons. The van der Waals surface area contributed by atoms with E-state index in [9.17, 15) is 14.4 Å². The fraction of sp³-hybridized carbons (Fsp3) is 0.552. The molecule has 0 radical (unpaired) electrons. The Labute approximate surface area is 234 Å². The van der Waals surface area contributed by atoms with E-state index in [1.54, 1.807) is 66.9 Å². The molecule has 0 bridgehead atoms. The predicted octanol–water partition coefficient (Wildman–Crippen LogP) is 4.19. The van der Waals surface area contributed by atoms with Crippen molar-refractivity contribution >= 4 is 17.9 Å². The number of carbonyl (C=O) groups excluding carboxylic acids is 3. The van der Waals surface area contributed by atoms with E-state index in [0.29, 0.717) is 22.4 Å². The number of nitrogens with zero attached hydrogens (tertiary/aromatic N) is 2. The van der Waals surface area contributed by atoms with Crippen molar-refractivity contribution in [1.29, 1.82) is 0 Å². The van der Waals surface area contributed by atoms with Crippen molar-refractivity contribution in [1.82, 2.24) is 15.5 Å². The first-order valence-electron chi connectivity index (χ1n) is 13.4. The first-order valence-corrected chi connectivity index (χ1v) is 13.4. The average molecular weight is 558 g/mol. The van der Waals surface area contributed by atoms with Gasteiger partial charge in [-0.05, 0) is 67.0 Å². The lowest BCUT2D eigenvalue weighted by atomic mass is 9.65. The maximum absolute atomic E-state index is 13.8. The number of esters is 3. The fourth-order valence-electron chi connectivity index (χ4n) is 4.99. The van der Waals surface area contributed by atoms with Crippen LogP contribution in [0.25, 0.3) is 11.4 Å². The smallest absolute Gasteiger partial charge is 0.397 e. The monoisotopic (exact) mass is 557 g/mol. The number of allylic oxidation sites excluding steroid dienone is 1. The Bertz CT molecular complexity index is 1270. The largest absolute Gasteiger partial charge is 0.463 e. The highest BCUT2D eigenvalue weighted by Crippen LogP contribution is 2.47. The Hall–Kier alpha value is -3.73. The maximum Gasteiger partial charge on any atom is 0.397 e. The number of ether oxygens (including phenoxy) is 4. The van der Waals surface area contributed by atoms with Crippen LogP contribution in [0, 0.1) is 5.92 Å². The molecule has 0 fully saturated rings. The van der Waals surface area contributed by atoms with Gasteiger partial charge in [0.15, 0.2) is 0 Å². The number of carbonyl (C=O) groups is 3. The number of rotatable bonds is 10. The van der Waals surface area contributed by atoms with Crippen LogP contribution in [0.2, 0.25) is 0 Å². The molecule has 3 rings (SSSR count). The summed E-state index contributed by atoms with van der Waals surface area (Å²) in [6, 6.07) is 7.08. The number of hydrogen-bond acceptors (Lipinski definition) is 11. The third-order valence-corrected chi connectivity index (χ3v) is 6.90. The zero-order valence-electron chi connectivity index (χ0n) is 24.6. The van der Waals surface area contributed by atoms with E-state index in [-0.39, 0.29) is 30.5 Å². The van der Waals surface area contributed by atoms with Crippen molar-refractivity contribution in [3.05, 3.63) is 47.0 Å². The molecule has 0 amide bonds. The molecule has 1 N–H and O–H groups in total. The lowest BCUT2D eigenvalue weighted by molar-refractivity contribution is -0.160. The summed E-state index contributed by atoms with van der Waals surface area (Å²) < 4.78 is 27.1. The zero-order valence-corrected chi connectivity index (χ0v) is 24.6. The van der Waals surface area contributed by atoms with Crippen LogP contribution in [0.5, 0.6) is 0 Å². The molecule has 1 aliphatic rings. The minimum absolute atomic E-state index is 0.153. The Morgan fingerprint density at radius 2 is 1.75 bits per heavy atom. The number of nitrogens with one attached hydrogen (secondary N) is 1. The van der Waals surface area contributed by atoms with Gasteiger partial charge in [0, 0.05) is 24.3 Å². The summed E-state index contributed by atoms with van der Waals surface area (Å²) in [5.41, 5.74) is 1.04. The topological polar surface area (TPSA) is 139 Å². The first-order chi connectivity index (χ1) is 18.8. The van der Waals surface area contributed by atoms with Gasteiger partial charge >= 0.3 is 23.8 Å². The first kappa shape index (κ1) is 30.8. The summed E-state index contributed by atoms with van der Waals surface area (Å²) in [5.74, 6) is -3.56. The van der Waals surface area contributed by atoms with Crippen molar-refractivity contribution < 1.29 is 37.9 Å². The van der Waals surface area contributed by atoms with Gasteiger partial charge in [0.05, 0.1) is 41.9 Å². The molecule has 4 unspecified atom stereocenters. The highest BCUT2D eigenvalue weighted by molar-refractivity contribution is 5.94. The molecular weight excluding hydrogens is 518 g/mol. The molecule has 1 aromatic heterocycles. The van der Waals surface area contributed by atoms with Crippen LogP contribution in [0.1, 0.15) is 77.6 Å². The molecule has 2 aromatic rings. The molecule has 11 heteroatoms. The molecule has 1 aliphatic heterocycles. The summed E-state index contributed by atoms with van der Waals surface area (Å²) in [6.07, 6.45) is -1.22. The van der Waals surface area contributed by atoms with Crippen molar-refractivity contribution in [2.45, 2.75) is 85.2 Å². The van der Waals surface area contributed by atoms with Gasteiger partial charge in [-0.15, -0.1) is 0 Å². The Morgan fingerprint density at radius 3 is 2.35 bits per heavy atom. The summed E-state index contributed by atoms with van der Waals surface area (Å²) >= 11 is 0. The van der Waals surface area contributed by atoms with Gasteiger partial charge in [0.2, 0.25) is 5.82 Å². The van der Waals surface area contributed by atoms with Gasteiger partial charge in [-0.3, -0.25) is 4.79 Å². The summed E-state index contributed by atoms with van der Waals surface area (Å²) in [6.45, 7) is 14.4. The Balaban J connectivity index is 2.23. The zero-order chi connectivity index (χ0) is 29.8. The maximum atomic E-state index is 13.8. The van der Waals surface area contributed by atoms with Crippen LogP contribution in [0.15, 0.2) is 40.1 Å². The van der Waals surface area contributed by atoms with E-state index in [1.807, 2.05) is 19.9 Å². The minimum Gasteiger partial charge on any atom is -0.463 e. The van der Waals surface area contributed by atoms with Gasteiger partial charge in [-0.1, -0.05) is 23.4 Å². The second-order valence-corrected chi connectivity index (χ2v) is 10.5. The van der Waals surface area contributed by atoms with Crippen LogP contribution < -0.4 is 5.32 Å². The van der Waals surface area contributed by atoms with Crippen LogP contribution >= 0.6 is 0 Å².